The summed E-state index contributed by atoms with van der Waals surface area (Å²) in [6.07, 6.45) is 8.34. The molecule has 2 aliphatic heterocycles. The second-order valence-corrected chi connectivity index (χ2v) is 6.94. The van der Waals surface area contributed by atoms with E-state index in [1.165, 1.54) is 24.0 Å². The number of carbonyl (C=O) groups is 1. The van der Waals surface area contributed by atoms with Gasteiger partial charge in [0.25, 0.3) is 0 Å². The third-order valence-corrected chi connectivity index (χ3v) is 5.09. The topological polar surface area (TPSA) is 57.3 Å². The Morgan fingerprint density at radius 2 is 2.35 bits per heavy atom. The lowest BCUT2D eigenvalue weighted by Crippen LogP contribution is -2.45. The van der Waals surface area contributed by atoms with E-state index in [0.717, 1.165) is 45.6 Å². The Morgan fingerprint density at radius 3 is 3.13 bits per heavy atom. The van der Waals surface area contributed by atoms with Gasteiger partial charge < -0.3 is 10.6 Å². The number of hydrogen-bond donors (Lipinski definition) is 2. The lowest BCUT2D eigenvalue weighted by atomic mass is 9.97. The van der Waals surface area contributed by atoms with Crippen molar-refractivity contribution < 1.29 is 4.79 Å². The van der Waals surface area contributed by atoms with Crippen LogP contribution in [0.3, 0.4) is 0 Å². The molecule has 1 aromatic rings. The standard InChI is InChI=1S/C18H28N4O/c1-14-6-8-19-11-16(14)13-22-9-3-4-15(12-22)10-21-18(23)17-5-2-7-20-17/h6,8,11,15,17,20H,2-5,7,9-10,12-13H2,1H3,(H,21,23). The number of rotatable bonds is 5. The molecule has 1 aromatic heterocycles. The third-order valence-electron chi connectivity index (χ3n) is 5.09. The van der Waals surface area contributed by atoms with E-state index >= 15 is 0 Å². The first-order valence-corrected chi connectivity index (χ1v) is 8.85. The highest BCUT2D eigenvalue weighted by molar-refractivity contribution is 5.81. The van der Waals surface area contributed by atoms with Gasteiger partial charge in [-0.25, -0.2) is 0 Å². The molecule has 0 aliphatic carbocycles. The summed E-state index contributed by atoms with van der Waals surface area (Å²) in [6, 6.07) is 2.11. The first-order chi connectivity index (χ1) is 11.2. The van der Waals surface area contributed by atoms with Crippen LogP contribution in [-0.2, 0) is 11.3 Å². The molecule has 3 rings (SSSR count). The Morgan fingerprint density at radius 1 is 1.43 bits per heavy atom. The molecular formula is C18H28N4O. The van der Waals surface area contributed by atoms with Crippen molar-refractivity contribution in [2.75, 3.05) is 26.2 Å². The van der Waals surface area contributed by atoms with Crippen LogP contribution in [0.5, 0.6) is 0 Å². The number of nitrogens with one attached hydrogen (secondary N) is 2. The number of carbonyl (C=O) groups excluding carboxylic acids is 1. The number of hydrogen-bond acceptors (Lipinski definition) is 4. The van der Waals surface area contributed by atoms with Crippen LogP contribution in [0.15, 0.2) is 18.5 Å². The smallest absolute Gasteiger partial charge is 0.237 e. The van der Waals surface area contributed by atoms with Crippen LogP contribution in [0.4, 0.5) is 0 Å². The molecule has 0 spiro atoms. The van der Waals surface area contributed by atoms with Crippen molar-refractivity contribution >= 4 is 5.91 Å². The molecule has 23 heavy (non-hydrogen) atoms. The summed E-state index contributed by atoms with van der Waals surface area (Å²) in [5.41, 5.74) is 2.62. The van der Waals surface area contributed by atoms with Crippen molar-refractivity contribution in [1.82, 2.24) is 20.5 Å². The maximum Gasteiger partial charge on any atom is 0.237 e. The number of likely N-dealkylation sites (tertiary alicyclic amines) is 1. The highest BCUT2D eigenvalue weighted by Crippen LogP contribution is 2.19. The van der Waals surface area contributed by atoms with E-state index in [-0.39, 0.29) is 11.9 Å². The van der Waals surface area contributed by atoms with Crippen molar-refractivity contribution in [3.8, 4) is 0 Å². The minimum Gasteiger partial charge on any atom is -0.354 e. The van der Waals surface area contributed by atoms with Crippen LogP contribution in [0.2, 0.25) is 0 Å². The van der Waals surface area contributed by atoms with Crippen molar-refractivity contribution in [2.24, 2.45) is 5.92 Å². The van der Waals surface area contributed by atoms with E-state index in [1.54, 1.807) is 0 Å². The molecule has 2 aliphatic rings. The fraction of sp³-hybridized carbons (Fsp3) is 0.667. The fourth-order valence-electron chi connectivity index (χ4n) is 3.64. The third kappa shape index (κ3) is 4.52. The van der Waals surface area contributed by atoms with Gasteiger partial charge in [-0.3, -0.25) is 14.7 Å². The second-order valence-electron chi connectivity index (χ2n) is 6.94. The minimum absolute atomic E-state index is 0.0349. The molecule has 2 fully saturated rings. The van der Waals surface area contributed by atoms with Crippen molar-refractivity contribution in [3.63, 3.8) is 0 Å². The number of aryl methyl sites for hydroxylation is 1. The van der Waals surface area contributed by atoms with Gasteiger partial charge in [0.1, 0.15) is 0 Å². The Bertz CT molecular complexity index is 528. The second kappa shape index (κ2) is 7.88. The highest BCUT2D eigenvalue weighted by atomic mass is 16.2. The lowest BCUT2D eigenvalue weighted by molar-refractivity contribution is -0.123. The normalized spacial score (nSPS) is 25.4. The molecule has 126 valence electrons. The summed E-state index contributed by atoms with van der Waals surface area (Å²) in [5.74, 6) is 0.744. The van der Waals surface area contributed by atoms with Gasteiger partial charge in [-0.2, -0.15) is 0 Å². The first-order valence-electron chi connectivity index (χ1n) is 8.85. The summed E-state index contributed by atoms with van der Waals surface area (Å²) in [4.78, 5) is 18.9. The Balaban J connectivity index is 1.46. The predicted molar refractivity (Wildman–Crippen MR) is 91.0 cm³/mol. The molecule has 0 aromatic carbocycles. The van der Waals surface area contributed by atoms with Gasteiger partial charge in [0.15, 0.2) is 0 Å². The summed E-state index contributed by atoms with van der Waals surface area (Å²) in [7, 11) is 0. The van der Waals surface area contributed by atoms with Crippen LogP contribution in [0, 0.1) is 12.8 Å². The molecule has 0 bridgehead atoms. The Hall–Kier alpha value is -1.46. The molecule has 2 N–H and O–H groups in total. The Labute approximate surface area is 138 Å². The maximum absolute atomic E-state index is 12.1. The zero-order valence-electron chi connectivity index (χ0n) is 14.1. The highest BCUT2D eigenvalue weighted by Gasteiger charge is 2.24. The summed E-state index contributed by atoms with van der Waals surface area (Å²) >= 11 is 0. The molecule has 2 atom stereocenters. The van der Waals surface area contributed by atoms with Gasteiger partial charge in [0, 0.05) is 32.0 Å². The van der Waals surface area contributed by atoms with Gasteiger partial charge in [-0.1, -0.05) is 0 Å². The molecule has 5 heteroatoms. The van der Waals surface area contributed by atoms with Gasteiger partial charge in [0.05, 0.1) is 6.04 Å². The quantitative estimate of drug-likeness (QED) is 0.864. The van der Waals surface area contributed by atoms with Crippen LogP contribution < -0.4 is 10.6 Å². The molecule has 1 amide bonds. The monoisotopic (exact) mass is 316 g/mol. The number of aromatic nitrogens is 1. The van der Waals surface area contributed by atoms with Crippen LogP contribution >= 0.6 is 0 Å². The first kappa shape index (κ1) is 16.4. The average molecular weight is 316 g/mol. The molecule has 2 saturated heterocycles. The van der Waals surface area contributed by atoms with Gasteiger partial charge in [-0.15, -0.1) is 0 Å². The van der Waals surface area contributed by atoms with Gasteiger partial charge in [-0.05, 0) is 68.8 Å². The van der Waals surface area contributed by atoms with Crippen molar-refractivity contribution in [3.05, 3.63) is 29.6 Å². The van der Waals surface area contributed by atoms with Crippen molar-refractivity contribution in [2.45, 2.75) is 45.2 Å². The SMILES string of the molecule is Cc1ccncc1CN1CCCC(CNC(=O)C2CCCN2)C1. The maximum atomic E-state index is 12.1. The van der Waals surface area contributed by atoms with E-state index in [4.69, 9.17) is 0 Å². The van der Waals surface area contributed by atoms with E-state index < -0.39 is 0 Å². The Kier molecular flexibility index (Phi) is 5.62. The lowest BCUT2D eigenvalue weighted by Gasteiger charge is -2.33. The molecule has 5 nitrogen and oxygen atoms in total. The molecular weight excluding hydrogens is 288 g/mol. The zero-order valence-corrected chi connectivity index (χ0v) is 14.1. The number of piperidine rings is 1. The van der Waals surface area contributed by atoms with Crippen LogP contribution in [0.25, 0.3) is 0 Å². The van der Waals surface area contributed by atoms with E-state index in [0.29, 0.717) is 5.92 Å². The number of pyridine rings is 1. The summed E-state index contributed by atoms with van der Waals surface area (Å²) in [6.45, 7) is 7.09. The van der Waals surface area contributed by atoms with Gasteiger partial charge >= 0.3 is 0 Å². The van der Waals surface area contributed by atoms with Gasteiger partial charge in [0.2, 0.25) is 5.91 Å². The number of nitrogens with zero attached hydrogens (tertiary/aromatic N) is 2. The average Bonchev–Trinajstić information content (AvgIpc) is 3.10. The molecule has 0 saturated carbocycles. The fourth-order valence-corrected chi connectivity index (χ4v) is 3.64. The largest absolute Gasteiger partial charge is 0.354 e. The minimum atomic E-state index is 0.0349. The van der Waals surface area contributed by atoms with Crippen molar-refractivity contribution in [1.29, 1.82) is 0 Å². The number of amides is 1. The predicted octanol–water partition coefficient (Wildman–Crippen LogP) is 1.47. The molecule has 2 unspecified atom stereocenters. The summed E-state index contributed by atoms with van der Waals surface area (Å²) in [5, 5.41) is 6.41. The van der Waals surface area contributed by atoms with Crippen LogP contribution in [0.1, 0.15) is 36.8 Å². The van der Waals surface area contributed by atoms with Crippen LogP contribution in [-0.4, -0.2) is 48.0 Å². The molecule has 0 radical (unpaired) electrons. The summed E-state index contributed by atoms with van der Waals surface area (Å²) < 4.78 is 0. The van der Waals surface area contributed by atoms with E-state index in [1.807, 2.05) is 12.4 Å². The zero-order chi connectivity index (χ0) is 16.1. The van der Waals surface area contributed by atoms with E-state index in [9.17, 15) is 4.79 Å². The van der Waals surface area contributed by atoms with E-state index in [2.05, 4.69) is 33.5 Å². The molecule has 3 heterocycles.